The van der Waals surface area contributed by atoms with Gasteiger partial charge in [0, 0.05) is 13.5 Å². The average Bonchev–Trinajstić information content (AvgIpc) is 2.33. The molecule has 108 valence electrons. The molecule has 0 radical (unpaired) electrons. The monoisotopic (exact) mass is 287 g/mol. The van der Waals surface area contributed by atoms with E-state index < -0.39 is 23.3 Å². The Balaban J connectivity index is 3.04. The largest absolute Gasteiger partial charge is 0.478 e. The number of halogens is 3. The zero-order valence-electron chi connectivity index (χ0n) is 10.5. The molecule has 0 saturated heterocycles. The van der Waals surface area contributed by atoms with Gasteiger partial charge in [0.2, 0.25) is 5.91 Å². The predicted octanol–water partition coefficient (Wildman–Crippen LogP) is 2.55. The molecule has 2 N–H and O–H groups in total. The number of rotatable bonds is 4. The van der Waals surface area contributed by atoms with Crippen molar-refractivity contribution in [3.05, 3.63) is 41.0 Å². The van der Waals surface area contributed by atoms with Crippen LogP contribution in [0.4, 0.5) is 13.2 Å². The van der Waals surface area contributed by atoms with Crippen molar-refractivity contribution in [3.63, 3.8) is 0 Å². The van der Waals surface area contributed by atoms with Crippen LogP contribution in [0.25, 0.3) is 6.08 Å². The molecule has 0 heterocycles. The number of amides is 1. The summed E-state index contributed by atoms with van der Waals surface area (Å²) >= 11 is 0. The minimum absolute atomic E-state index is 0.0996. The maximum absolute atomic E-state index is 12.6. The summed E-state index contributed by atoms with van der Waals surface area (Å²) in [5.74, 6) is -1.71. The molecule has 1 aromatic carbocycles. The van der Waals surface area contributed by atoms with Crippen molar-refractivity contribution < 1.29 is 27.9 Å². The van der Waals surface area contributed by atoms with Gasteiger partial charge in [-0.2, -0.15) is 13.2 Å². The van der Waals surface area contributed by atoms with Crippen LogP contribution in [0.1, 0.15) is 28.4 Å². The van der Waals surface area contributed by atoms with Gasteiger partial charge in [0.05, 0.1) is 11.1 Å². The average molecular weight is 287 g/mol. The van der Waals surface area contributed by atoms with Crippen LogP contribution in [0.2, 0.25) is 0 Å². The molecular formula is C13H12F3NO3. The highest BCUT2D eigenvalue weighted by Crippen LogP contribution is 2.31. The molecule has 1 aromatic rings. The highest BCUT2D eigenvalue weighted by Gasteiger charge is 2.31. The molecule has 0 aliphatic rings. The van der Waals surface area contributed by atoms with Crippen molar-refractivity contribution in [3.8, 4) is 0 Å². The minimum Gasteiger partial charge on any atom is -0.478 e. The lowest BCUT2D eigenvalue weighted by atomic mass is 10.0. The second-order valence-corrected chi connectivity index (χ2v) is 3.99. The highest BCUT2D eigenvalue weighted by atomic mass is 19.4. The molecule has 1 rings (SSSR count). The van der Waals surface area contributed by atoms with Crippen molar-refractivity contribution in [1.82, 2.24) is 5.32 Å². The van der Waals surface area contributed by atoms with Gasteiger partial charge in [-0.05, 0) is 23.8 Å². The lowest BCUT2D eigenvalue weighted by Crippen LogP contribution is -2.19. The van der Waals surface area contributed by atoms with Crippen molar-refractivity contribution in [2.75, 3.05) is 6.54 Å². The number of carboxylic acids is 1. The summed E-state index contributed by atoms with van der Waals surface area (Å²) < 4.78 is 37.9. The number of hydrogen-bond acceptors (Lipinski definition) is 2. The van der Waals surface area contributed by atoms with Crippen LogP contribution in [0, 0.1) is 0 Å². The van der Waals surface area contributed by atoms with E-state index in [9.17, 15) is 22.8 Å². The smallest absolute Gasteiger partial charge is 0.416 e. The van der Waals surface area contributed by atoms with Crippen molar-refractivity contribution in [2.45, 2.75) is 13.1 Å². The van der Waals surface area contributed by atoms with E-state index in [-0.39, 0.29) is 18.0 Å². The predicted molar refractivity (Wildman–Crippen MR) is 66.1 cm³/mol. The first kappa shape index (κ1) is 15.7. The zero-order chi connectivity index (χ0) is 15.3. The molecule has 1 amide bonds. The van der Waals surface area contributed by atoms with Crippen LogP contribution in [0.15, 0.2) is 24.3 Å². The number of alkyl halides is 3. The Kier molecular flexibility index (Phi) is 4.90. The molecule has 4 nitrogen and oxygen atoms in total. The van der Waals surface area contributed by atoms with Gasteiger partial charge in [0.1, 0.15) is 0 Å². The van der Waals surface area contributed by atoms with Gasteiger partial charge in [0.15, 0.2) is 0 Å². The van der Waals surface area contributed by atoms with Gasteiger partial charge < -0.3 is 10.4 Å². The van der Waals surface area contributed by atoms with Crippen molar-refractivity contribution in [2.24, 2.45) is 0 Å². The van der Waals surface area contributed by atoms with Gasteiger partial charge in [-0.15, -0.1) is 0 Å². The van der Waals surface area contributed by atoms with Gasteiger partial charge in [-0.1, -0.05) is 12.2 Å². The topological polar surface area (TPSA) is 66.4 Å². The molecule has 0 unspecified atom stereocenters. The fourth-order valence-electron chi connectivity index (χ4n) is 1.43. The first-order valence-electron chi connectivity index (χ1n) is 5.56. The van der Waals surface area contributed by atoms with Gasteiger partial charge in [0.25, 0.3) is 0 Å². The Labute approximate surface area is 112 Å². The molecule has 7 heteroatoms. The number of hydrogen-bond donors (Lipinski definition) is 2. The van der Waals surface area contributed by atoms with Crippen molar-refractivity contribution >= 4 is 18.0 Å². The van der Waals surface area contributed by atoms with Crippen molar-refractivity contribution in [1.29, 1.82) is 0 Å². The van der Waals surface area contributed by atoms with E-state index in [1.54, 1.807) is 0 Å². The molecule has 0 fully saturated rings. The summed E-state index contributed by atoms with van der Waals surface area (Å²) in [7, 11) is 0. The van der Waals surface area contributed by atoms with E-state index >= 15 is 0 Å². The molecule has 0 saturated carbocycles. The van der Waals surface area contributed by atoms with E-state index in [4.69, 9.17) is 5.11 Å². The molecule has 20 heavy (non-hydrogen) atoms. The summed E-state index contributed by atoms with van der Waals surface area (Å²) in [4.78, 5) is 21.4. The molecule has 0 aliphatic heterocycles. The second kappa shape index (κ2) is 6.23. The number of benzene rings is 1. The Hall–Kier alpha value is -2.31. The van der Waals surface area contributed by atoms with E-state index in [1.807, 2.05) is 0 Å². The first-order valence-corrected chi connectivity index (χ1v) is 5.56. The maximum atomic E-state index is 12.6. The van der Waals surface area contributed by atoms with E-state index in [1.165, 1.54) is 19.1 Å². The number of aromatic carboxylic acids is 1. The molecular weight excluding hydrogens is 275 g/mol. The van der Waals surface area contributed by atoms with E-state index in [0.29, 0.717) is 6.07 Å². The zero-order valence-corrected chi connectivity index (χ0v) is 10.5. The molecule has 0 atom stereocenters. The Morgan fingerprint density at radius 3 is 2.45 bits per heavy atom. The van der Waals surface area contributed by atoms with Gasteiger partial charge in [-0.25, -0.2) is 4.79 Å². The number of carbonyl (C=O) groups is 2. The standard InChI is InChI=1S/C13H12F3NO3/c1-8(18)17-4-2-3-9-5-10(12(19)20)7-11(6-9)13(14,15)16/h2-3,5-7H,4H2,1H3,(H,17,18)(H,19,20). The fraction of sp³-hybridized carbons (Fsp3) is 0.231. The molecule has 0 bridgehead atoms. The van der Waals surface area contributed by atoms with Crippen LogP contribution < -0.4 is 5.32 Å². The Morgan fingerprint density at radius 1 is 1.30 bits per heavy atom. The highest BCUT2D eigenvalue weighted by molar-refractivity contribution is 5.88. The molecule has 0 aromatic heterocycles. The van der Waals surface area contributed by atoms with Crippen LogP contribution >= 0.6 is 0 Å². The fourth-order valence-corrected chi connectivity index (χ4v) is 1.43. The third-order valence-electron chi connectivity index (χ3n) is 2.31. The number of carboxylic acid groups (broad SMARTS) is 1. The molecule has 0 aliphatic carbocycles. The summed E-state index contributed by atoms with van der Waals surface area (Å²) in [6.45, 7) is 1.45. The van der Waals surface area contributed by atoms with Crippen LogP contribution in [-0.4, -0.2) is 23.5 Å². The Bertz CT molecular complexity index is 550. The third kappa shape index (κ3) is 4.75. The molecule has 0 spiro atoms. The third-order valence-corrected chi connectivity index (χ3v) is 2.31. The van der Waals surface area contributed by atoms with E-state index in [2.05, 4.69) is 5.32 Å². The summed E-state index contributed by atoms with van der Waals surface area (Å²) in [6, 6.07) is 2.55. The normalized spacial score (nSPS) is 11.6. The number of nitrogens with one attached hydrogen (secondary N) is 1. The maximum Gasteiger partial charge on any atom is 0.416 e. The summed E-state index contributed by atoms with van der Waals surface area (Å²) in [5.41, 5.74) is -1.38. The lowest BCUT2D eigenvalue weighted by molar-refractivity contribution is -0.137. The summed E-state index contributed by atoms with van der Waals surface area (Å²) in [5, 5.41) is 11.2. The van der Waals surface area contributed by atoms with Crippen LogP contribution in [0.5, 0.6) is 0 Å². The van der Waals surface area contributed by atoms with Crippen LogP contribution in [-0.2, 0) is 11.0 Å². The number of carbonyl (C=O) groups excluding carboxylic acids is 1. The Morgan fingerprint density at radius 2 is 1.95 bits per heavy atom. The van der Waals surface area contributed by atoms with Crippen LogP contribution in [0.3, 0.4) is 0 Å². The summed E-state index contributed by atoms with van der Waals surface area (Å²) in [6.07, 6.45) is -1.87. The SMILES string of the molecule is CC(=O)NCC=Cc1cc(C(=O)O)cc(C(F)(F)F)c1. The van der Waals surface area contributed by atoms with Gasteiger partial charge >= 0.3 is 12.1 Å². The quantitative estimate of drug-likeness (QED) is 0.894. The van der Waals surface area contributed by atoms with E-state index in [0.717, 1.165) is 12.1 Å². The second-order valence-electron chi connectivity index (χ2n) is 3.99. The van der Waals surface area contributed by atoms with Gasteiger partial charge in [-0.3, -0.25) is 4.79 Å². The first-order chi connectivity index (χ1) is 9.20. The minimum atomic E-state index is -4.62. The lowest BCUT2D eigenvalue weighted by Gasteiger charge is -2.09.